The molecule has 1 amide bonds. The van der Waals surface area contributed by atoms with Crippen LogP contribution in [0, 0.1) is 5.92 Å². The molecule has 1 aliphatic rings. The van der Waals surface area contributed by atoms with Crippen LogP contribution in [0.1, 0.15) is 23.2 Å². The van der Waals surface area contributed by atoms with Crippen LogP contribution in [0.25, 0.3) is 0 Å². The highest BCUT2D eigenvalue weighted by atomic mass is 16.5. The van der Waals surface area contributed by atoms with Crippen LogP contribution < -0.4 is 15.0 Å². The second-order valence-corrected chi connectivity index (χ2v) is 7.24. The number of aromatic nitrogens is 1. The first-order valence-electron chi connectivity index (χ1n) is 10.1. The van der Waals surface area contributed by atoms with Crippen LogP contribution in [0.2, 0.25) is 0 Å². The molecular weight excluding hydrogens is 362 g/mol. The lowest BCUT2D eigenvalue weighted by Gasteiger charge is -2.32. The molecule has 3 aromatic rings. The van der Waals surface area contributed by atoms with E-state index in [1.807, 2.05) is 72.9 Å². The Morgan fingerprint density at radius 1 is 0.966 bits per heavy atom. The van der Waals surface area contributed by atoms with E-state index < -0.39 is 0 Å². The van der Waals surface area contributed by atoms with E-state index in [0.717, 1.165) is 37.5 Å². The Bertz CT molecular complexity index is 923. The fourth-order valence-electron chi connectivity index (χ4n) is 3.60. The van der Waals surface area contributed by atoms with Gasteiger partial charge < -0.3 is 15.0 Å². The van der Waals surface area contributed by atoms with Gasteiger partial charge in [0.2, 0.25) is 0 Å². The number of hydrogen-bond acceptors (Lipinski definition) is 4. The van der Waals surface area contributed by atoms with Gasteiger partial charge in [-0.3, -0.25) is 4.79 Å². The summed E-state index contributed by atoms with van der Waals surface area (Å²) in [7, 11) is 0. The minimum Gasteiger partial charge on any atom is -0.457 e. The highest BCUT2D eigenvalue weighted by Crippen LogP contribution is 2.25. The fraction of sp³-hybridized carbons (Fsp3) is 0.250. The zero-order valence-corrected chi connectivity index (χ0v) is 16.3. The van der Waals surface area contributed by atoms with Gasteiger partial charge in [0, 0.05) is 25.8 Å². The lowest BCUT2D eigenvalue weighted by Crippen LogP contribution is -2.39. The SMILES string of the molecule is O=C(NCC1CCN(c2ccccn2)CC1)c1ccccc1Oc1ccccc1. The molecule has 4 rings (SSSR count). The third-order valence-electron chi connectivity index (χ3n) is 5.24. The third-order valence-corrected chi connectivity index (χ3v) is 5.24. The monoisotopic (exact) mass is 387 g/mol. The van der Waals surface area contributed by atoms with Crippen molar-refractivity contribution in [3.8, 4) is 11.5 Å². The van der Waals surface area contributed by atoms with Gasteiger partial charge in [0.25, 0.3) is 5.91 Å². The van der Waals surface area contributed by atoms with Crippen molar-refractivity contribution in [2.75, 3.05) is 24.5 Å². The summed E-state index contributed by atoms with van der Waals surface area (Å²) in [5.74, 6) is 2.70. The molecule has 2 aromatic carbocycles. The average molecular weight is 387 g/mol. The molecule has 0 radical (unpaired) electrons. The lowest BCUT2D eigenvalue weighted by atomic mass is 9.96. The van der Waals surface area contributed by atoms with Crippen molar-refractivity contribution in [3.05, 3.63) is 84.6 Å². The zero-order valence-electron chi connectivity index (χ0n) is 16.3. The number of anilines is 1. The van der Waals surface area contributed by atoms with Crippen molar-refractivity contribution in [3.63, 3.8) is 0 Å². The van der Waals surface area contributed by atoms with E-state index in [4.69, 9.17) is 4.74 Å². The first kappa shape index (κ1) is 19.0. The molecule has 29 heavy (non-hydrogen) atoms. The molecular formula is C24H25N3O2. The van der Waals surface area contributed by atoms with Crippen LogP contribution in [-0.4, -0.2) is 30.5 Å². The van der Waals surface area contributed by atoms with E-state index in [1.54, 1.807) is 6.07 Å². The van der Waals surface area contributed by atoms with Crippen LogP contribution in [0.5, 0.6) is 11.5 Å². The molecule has 1 aliphatic heterocycles. The standard InChI is InChI=1S/C24H25N3O2/c28-24(21-10-4-5-11-22(21)29-20-8-2-1-3-9-20)26-18-19-13-16-27(17-14-19)23-12-6-7-15-25-23/h1-12,15,19H,13-14,16-18H2,(H,26,28). The summed E-state index contributed by atoms with van der Waals surface area (Å²) in [4.78, 5) is 19.5. The molecule has 5 heteroatoms. The highest BCUT2D eigenvalue weighted by molar-refractivity contribution is 5.97. The molecule has 5 nitrogen and oxygen atoms in total. The normalized spacial score (nSPS) is 14.4. The Morgan fingerprint density at radius 3 is 2.45 bits per heavy atom. The minimum atomic E-state index is -0.0938. The Labute approximate surface area is 171 Å². The van der Waals surface area contributed by atoms with Gasteiger partial charge in [-0.25, -0.2) is 4.98 Å². The van der Waals surface area contributed by atoms with Gasteiger partial charge in [-0.2, -0.15) is 0 Å². The van der Waals surface area contributed by atoms with Crippen molar-refractivity contribution in [1.82, 2.24) is 10.3 Å². The second-order valence-electron chi connectivity index (χ2n) is 7.24. The van der Waals surface area contributed by atoms with Crippen LogP contribution in [0.3, 0.4) is 0 Å². The molecule has 0 unspecified atom stereocenters. The van der Waals surface area contributed by atoms with E-state index in [2.05, 4.69) is 15.2 Å². The van der Waals surface area contributed by atoms with Gasteiger partial charge in [-0.1, -0.05) is 36.4 Å². The summed E-state index contributed by atoms with van der Waals surface area (Å²) in [6, 6.07) is 22.9. The summed E-state index contributed by atoms with van der Waals surface area (Å²) in [6.45, 7) is 2.60. The van der Waals surface area contributed by atoms with E-state index in [-0.39, 0.29) is 5.91 Å². The number of pyridine rings is 1. The smallest absolute Gasteiger partial charge is 0.255 e. The molecule has 0 saturated carbocycles. The highest BCUT2D eigenvalue weighted by Gasteiger charge is 2.21. The maximum absolute atomic E-state index is 12.8. The van der Waals surface area contributed by atoms with Gasteiger partial charge in [0.1, 0.15) is 17.3 Å². The predicted molar refractivity (Wildman–Crippen MR) is 114 cm³/mol. The number of piperidine rings is 1. The molecule has 1 N–H and O–H groups in total. The number of ether oxygens (including phenoxy) is 1. The molecule has 0 atom stereocenters. The van der Waals surface area contributed by atoms with E-state index in [9.17, 15) is 4.79 Å². The average Bonchev–Trinajstić information content (AvgIpc) is 2.79. The Kier molecular flexibility index (Phi) is 6.05. The number of amides is 1. The number of carbonyl (C=O) groups excluding carboxylic acids is 1. The van der Waals surface area contributed by atoms with Crippen molar-refractivity contribution in [2.45, 2.75) is 12.8 Å². The van der Waals surface area contributed by atoms with Gasteiger partial charge in [-0.15, -0.1) is 0 Å². The van der Waals surface area contributed by atoms with Crippen LogP contribution in [-0.2, 0) is 0 Å². The molecule has 148 valence electrons. The molecule has 0 aliphatic carbocycles. The number of nitrogens with one attached hydrogen (secondary N) is 1. The largest absolute Gasteiger partial charge is 0.457 e. The quantitative estimate of drug-likeness (QED) is 0.676. The second kappa shape index (κ2) is 9.24. The van der Waals surface area contributed by atoms with Gasteiger partial charge in [0.05, 0.1) is 5.56 Å². The number of hydrogen-bond donors (Lipinski definition) is 1. The van der Waals surface area contributed by atoms with Crippen molar-refractivity contribution in [1.29, 1.82) is 0 Å². The minimum absolute atomic E-state index is 0.0938. The van der Waals surface area contributed by atoms with Crippen LogP contribution in [0.15, 0.2) is 79.0 Å². The third kappa shape index (κ3) is 4.93. The number of benzene rings is 2. The van der Waals surface area contributed by atoms with E-state index in [0.29, 0.717) is 23.8 Å². The molecule has 1 aromatic heterocycles. The molecule has 2 heterocycles. The first-order valence-corrected chi connectivity index (χ1v) is 10.1. The summed E-state index contributed by atoms with van der Waals surface area (Å²) < 4.78 is 5.91. The number of carbonyl (C=O) groups is 1. The van der Waals surface area contributed by atoms with Crippen molar-refractivity contribution >= 4 is 11.7 Å². The predicted octanol–water partition coefficient (Wildman–Crippen LogP) is 4.52. The maximum Gasteiger partial charge on any atom is 0.255 e. The number of rotatable bonds is 6. The van der Waals surface area contributed by atoms with Crippen LogP contribution >= 0.6 is 0 Å². The Balaban J connectivity index is 1.32. The van der Waals surface area contributed by atoms with E-state index >= 15 is 0 Å². The topological polar surface area (TPSA) is 54.5 Å². The van der Waals surface area contributed by atoms with Gasteiger partial charge >= 0.3 is 0 Å². The van der Waals surface area contributed by atoms with Crippen molar-refractivity contribution in [2.24, 2.45) is 5.92 Å². The first-order chi connectivity index (χ1) is 14.3. The number of nitrogens with zero attached hydrogens (tertiary/aromatic N) is 2. The van der Waals surface area contributed by atoms with E-state index in [1.165, 1.54) is 0 Å². The molecule has 1 saturated heterocycles. The molecule has 0 spiro atoms. The Hall–Kier alpha value is -3.34. The van der Waals surface area contributed by atoms with Gasteiger partial charge in [0.15, 0.2) is 0 Å². The lowest BCUT2D eigenvalue weighted by molar-refractivity contribution is 0.0942. The summed E-state index contributed by atoms with van der Waals surface area (Å²) in [5, 5.41) is 3.10. The van der Waals surface area contributed by atoms with Crippen LogP contribution in [0.4, 0.5) is 5.82 Å². The summed E-state index contributed by atoms with van der Waals surface area (Å²) >= 11 is 0. The summed E-state index contributed by atoms with van der Waals surface area (Å²) in [5.41, 5.74) is 0.558. The summed E-state index contributed by atoms with van der Waals surface area (Å²) in [6.07, 6.45) is 3.91. The maximum atomic E-state index is 12.8. The van der Waals surface area contributed by atoms with Crippen molar-refractivity contribution < 1.29 is 9.53 Å². The number of para-hydroxylation sites is 2. The molecule has 1 fully saturated rings. The molecule has 0 bridgehead atoms. The Morgan fingerprint density at radius 2 is 1.69 bits per heavy atom. The zero-order chi connectivity index (χ0) is 19.9. The van der Waals surface area contributed by atoms with Gasteiger partial charge in [-0.05, 0) is 55.2 Å². The fourth-order valence-corrected chi connectivity index (χ4v) is 3.60.